The minimum absolute atomic E-state index is 0.0211. The number of rotatable bonds is 3. The van der Waals surface area contributed by atoms with Crippen molar-refractivity contribution >= 4 is 17.7 Å². The molecule has 80 valence electrons. The Morgan fingerprint density at radius 1 is 1.67 bits per heavy atom. The first kappa shape index (κ1) is 11.5. The number of allylic oxidation sites excluding steroid dienone is 1. The van der Waals surface area contributed by atoms with Crippen molar-refractivity contribution in [2.24, 2.45) is 0 Å². The third kappa shape index (κ3) is 2.95. The molecular weight excluding hydrogens is 218 g/mol. The molecule has 0 bridgehead atoms. The van der Waals surface area contributed by atoms with Crippen LogP contribution >= 0.6 is 11.6 Å². The lowest BCUT2D eigenvalue weighted by atomic mass is 10.1. The van der Waals surface area contributed by atoms with E-state index in [1.54, 1.807) is 6.92 Å². The lowest BCUT2D eigenvalue weighted by Gasteiger charge is -2.00. The molecule has 0 saturated carbocycles. The van der Waals surface area contributed by atoms with E-state index in [4.69, 9.17) is 11.6 Å². The Labute approximate surface area is 92.0 Å². The summed E-state index contributed by atoms with van der Waals surface area (Å²) >= 11 is 5.71. The summed E-state index contributed by atoms with van der Waals surface area (Å²) in [6.45, 7) is 1.68. The molecule has 0 saturated heterocycles. The first-order valence-corrected chi connectivity index (χ1v) is 4.76. The van der Waals surface area contributed by atoms with Crippen molar-refractivity contribution in [3.63, 3.8) is 0 Å². The maximum Gasteiger partial charge on any atom is 0.246 e. The van der Waals surface area contributed by atoms with E-state index in [2.05, 4.69) is 0 Å². The number of nitro groups is 1. The van der Waals surface area contributed by atoms with Crippen molar-refractivity contribution < 1.29 is 10.0 Å². The number of phenolic OH excluding ortho intramolecular Hbond substituents is 1. The first-order chi connectivity index (χ1) is 7.04. The average Bonchev–Trinajstić information content (AvgIpc) is 2.18. The van der Waals surface area contributed by atoms with Crippen LogP contribution < -0.4 is 0 Å². The molecule has 1 aromatic carbocycles. The number of hydrogen-bond acceptors (Lipinski definition) is 3. The highest BCUT2D eigenvalue weighted by Gasteiger charge is 2.09. The van der Waals surface area contributed by atoms with Gasteiger partial charge in [-0.2, -0.15) is 0 Å². The van der Waals surface area contributed by atoms with Crippen molar-refractivity contribution in [1.29, 1.82) is 0 Å². The molecule has 1 N–H and O–H groups in total. The lowest BCUT2D eigenvalue weighted by molar-refractivity contribution is -0.425. The summed E-state index contributed by atoms with van der Waals surface area (Å²) in [7, 11) is 0. The molecule has 0 atom stereocenters. The smallest absolute Gasteiger partial charge is 0.246 e. The van der Waals surface area contributed by atoms with Crippen LogP contribution in [-0.2, 0) is 0 Å². The van der Waals surface area contributed by atoms with Gasteiger partial charge in [0.15, 0.2) is 0 Å². The highest BCUT2D eigenvalue weighted by molar-refractivity contribution is 6.30. The van der Waals surface area contributed by atoms with Gasteiger partial charge in [-0.15, -0.1) is 0 Å². The molecule has 0 aromatic heterocycles. The monoisotopic (exact) mass is 227 g/mol. The molecule has 0 aliphatic heterocycles. The number of aromatic hydroxyl groups is 1. The Bertz CT molecular complexity index is 415. The van der Waals surface area contributed by atoms with Crippen molar-refractivity contribution in [3.8, 4) is 5.75 Å². The van der Waals surface area contributed by atoms with E-state index in [9.17, 15) is 15.2 Å². The predicted octanol–water partition coefficient (Wildman–Crippen LogP) is 3.07. The maximum absolute atomic E-state index is 10.6. The fraction of sp³-hybridized carbons (Fsp3) is 0.200. The molecule has 1 aromatic rings. The van der Waals surface area contributed by atoms with Crippen LogP contribution in [-0.4, -0.2) is 10.0 Å². The van der Waals surface area contributed by atoms with Gasteiger partial charge in [0.05, 0.1) is 4.92 Å². The van der Waals surface area contributed by atoms with Gasteiger partial charge in [0.1, 0.15) is 5.75 Å². The number of nitrogens with zero attached hydrogens (tertiary/aromatic N) is 1. The van der Waals surface area contributed by atoms with Gasteiger partial charge in [-0.05, 0) is 18.2 Å². The standard InChI is InChI=1S/C10H10ClNO3/c1-2-9(12(14)15)6-7-5-8(11)3-4-10(7)13/h3-6,13H,2H2,1H3. The zero-order chi connectivity index (χ0) is 11.4. The van der Waals surface area contributed by atoms with Crippen LogP contribution in [0.25, 0.3) is 6.08 Å². The second-order valence-electron chi connectivity index (χ2n) is 2.95. The van der Waals surface area contributed by atoms with Gasteiger partial charge in [-0.1, -0.05) is 18.5 Å². The van der Waals surface area contributed by atoms with Crippen LogP contribution in [0.1, 0.15) is 18.9 Å². The van der Waals surface area contributed by atoms with Crippen molar-refractivity contribution in [2.45, 2.75) is 13.3 Å². The van der Waals surface area contributed by atoms with Crippen LogP contribution in [0.5, 0.6) is 5.75 Å². The van der Waals surface area contributed by atoms with Crippen LogP contribution in [0.4, 0.5) is 0 Å². The number of phenols is 1. The van der Waals surface area contributed by atoms with Gasteiger partial charge in [0.2, 0.25) is 5.70 Å². The summed E-state index contributed by atoms with van der Waals surface area (Å²) in [6, 6.07) is 4.41. The fourth-order valence-corrected chi connectivity index (χ4v) is 1.28. The summed E-state index contributed by atoms with van der Waals surface area (Å²) in [5.74, 6) is -0.0211. The van der Waals surface area contributed by atoms with Crippen molar-refractivity contribution in [1.82, 2.24) is 0 Å². The third-order valence-electron chi connectivity index (χ3n) is 1.91. The normalized spacial score (nSPS) is 11.5. The Kier molecular flexibility index (Phi) is 3.68. The molecule has 0 aliphatic rings. The molecule has 0 aliphatic carbocycles. The number of benzene rings is 1. The minimum atomic E-state index is -0.472. The fourth-order valence-electron chi connectivity index (χ4n) is 1.10. The number of hydrogen-bond donors (Lipinski definition) is 1. The average molecular weight is 228 g/mol. The SMILES string of the molecule is CCC(=Cc1cc(Cl)ccc1O)[N+](=O)[O-]. The molecular formula is C10H10ClNO3. The van der Waals surface area contributed by atoms with Crippen molar-refractivity contribution in [2.75, 3.05) is 0 Å². The van der Waals surface area contributed by atoms with Crippen LogP contribution in [0.2, 0.25) is 5.02 Å². The third-order valence-corrected chi connectivity index (χ3v) is 2.14. The van der Waals surface area contributed by atoms with Crippen LogP contribution in [0.15, 0.2) is 23.9 Å². The quantitative estimate of drug-likeness (QED) is 0.638. The Balaban J connectivity index is 3.16. The lowest BCUT2D eigenvalue weighted by Crippen LogP contribution is -1.96. The van der Waals surface area contributed by atoms with E-state index in [1.165, 1.54) is 24.3 Å². The zero-order valence-corrected chi connectivity index (χ0v) is 8.86. The molecule has 0 spiro atoms. The highest BCUT2D eigenvalue weighted by atomic mass is 35.5. The highest BCUT2D eigenvalue weighted by Crippen LogP contribution is 2.24. The second kappa shape index (κ2) is 4.79. The zero-order valence-electron chi connectivity index (χ0n) is 8.11. The second-order valence-corrected chi connectivity index (χ2v) is 3.39. The van der Waals surface area contributed by atoms with E-state index in [0.717, 1.165) is 0 Å². The summed E-state index contributed by atoms with van der Waals surface area (Å²) in [4.78, 5) is 10.1. The van der Waals surface area contributed by atoms with Crippen LogP contribution in [0.3, 0.4) is 0 Å². The molecule has 0 radical (unpaired) electrons. The predicted molar refractivity (Wildman–Crippen MR) is 58.4 cm³/mol. The van der Waals surface area contributed by atoms with E-state index < -0.39 is 4.92 Å². The molecule has 1 rings (SSSR count). The molecule has 0 amide bonds. The molecule has 0 unspecified atom stereocenters. The Hall–Kier alpha value is -1.55. The van der Waals surface area contributed by atoms with E-state index in [0.29, 0.717) is 17.0 Å². The molecule has 0 heterocycles. The minimum Gasteiger partial charge on any atom is -0.507 e. The molecule has 4 nitrogen and oxygen atoms in total. The Morgan fingerprint density at radius 2 is 2.33 bits per heavy atom. The van der Waals surface area contributed by atoms with Gasteiger partial charge >= 0.3 is 0 Å². The van der Waals surface area contributed by atoms with Gasteiger partial charge in [0.25, 0.3) is 0 Å². The van der Waals surface area contributed by atoms with E-state index >= 15 is 0 Å². The largest absolute Gasteiger partial charge is 0.507 e. The first-order valence-electron chi connectivity index (χ1n) is 4.38. The molecule has 15 heavy (non-hydrogen) atoms. The topological polar surface area (TPSA) is 63.4 Å². The van der Waals surface area contributed by atoms with Gasteiger partial charge in [0, 0.05) is 23.1 Å². The summed E-state index contributed by atoms with van der Waals surface area (Å²) in [5.41, 5.74) is 0.392. The van der Waals surface area contributed by atoms with Crippen LogP contribution in [0, 0.1) is 10.1 Å². The van der Waals surface area contributed by atoms with Gasteiger partial charge in [-0.3, -0.25) is 10.1 Å². The maximum atomic E-state index is 10.6. The summed E-state index contributed by atoms with van der Waals surface area (Å²) in [6.07, 6.45) is 1.61. The van der Waals surface area contributed by atoms with E-state index in [1.807, 2.05) is 0 Å². The molecule has 0 fully saturated rings. The Morgan fingerprint density at radius 3 is 2.87 bits per heavy atom. The van der Waals surface area contributed by atoms with Crippen molar-refractivity contribution in [3.05, 3.63) is 44.6 Å². The van der Waals surface area contributed by atoms with Gasteiger partial charge < -0.3 is 5.11 Å². The van der Waals surface area contributed by atoms with E-state index in [-0.39, 0.29) is 11.4 Å². The molecule has 5 heteroatoms. The summed E-state index contributed by atoms with van der Waals surface area (Å²) in [5, 5.41) is 20.4. The van der Waals surface area contributed by atoms with Gasteiger partial charge in [-0.25, -0.2) is 0 Å². The summed E-state index contributed by atoms with van der Waals surface area (Å²) < 4.78 is 0. The number of halogens is 1.